The molecule has 0 saturated carbocycles. The van der Waals surface area contributed by atoms with Crippen LogP contribution in [0.5, 0.6) is 5.75 Å². The van der Waals surface area contributed by atoms with E-state index >= 15 is 0 Å². The molecule has 0 aromatic heterocycles. The van der Waals surface area contributed by atoms with Crippen molar-refractivity contribution in [3.63, 3.8) is 0 Å². The fraction of sp³-hybridized carbons (Fsp3) is 0.368. The molecular weight excluding hydrogens is 258 g/mol. The van der Waals surface area contributed by atoms with E-state index in [1.165, 1.54) is 42.6 Å². The first-order valence-corrected chi connectivity index (χ1v) is 7.69. The zero-order valence-corrected chi connectivity index (χ0v) is 12.5. The first kappa shape index (κ1) is 12.9. The molecule has 0 radical (unpaired) electrons. The molecule has 4 rings (SSSR count). The first-order chi connectivity index (χ1) is 10.3. The minimum Gasteiger partial charge on any atom is -0.496 e. The normalized spacial score (nSPS) is 19.3. The van der Waals surface area contributed by atoms with Gasteiger partial charge in [0.15, 0.2) is 0 Å². The van der Waals surface area contributed by atoms with Crippen molar-refractivity contribution in [2.24, 2.45) is 5.41 Å². The molecule has 1 aliphatic carbocycles. The zero-order valence-electron chi connectivity index (χ0n) is 12.5. The highest BCUT2D eigenvalue weighted by atomic mass is 16.5. The van der Waals surface area contributed by atoms with Crippen molar-refractivity contribution in [2.75, 3.05) is 20.2 Å². The van der Waals surface area contributed by atoms with E-state index in [1.807, 2.05) is 0 Å². The van der Waals surface area contributed by atoms with Gasteiger partial charge in [-0.15, -0.1) is 0 Å². The van der Waals surface area contributed by atoms with Crippen LogP contribution in [-0.4, -0.2) is 25.1 Å². The molecule has 0 unspecified atom stereocenters. The van der Waals surface area contributed by atoms with Crippen molar-refractivity contribution in [3.8, 4) is 5.75 Å². The molecule has 1 aliphatic heterocycles. The van der Waals surface area contributed by atoms with Gasteiger partial charge in [-0.1, -0.05) is 42.5 Å². The Balaban J connectivity index is 1.44. The molecule has 2 nitrogen and oxygen atoms in total. The lowest BCUT2D eigenvalue weighted by Gasteiger charge is -2.48. The maximum absolute atomic E-state index is 5.53. The number of hydrogen-bond acceptors (Lipinski definition) is 2. The SMILES string of the molecule is COc1cccc2c1CC1(C2)CN(Cc2ccccc2)C1. The lowest BCUT2D eigenvalue weighted by Crippen LogP contribution is -2.56. The third kappa shape index (κ3) is 2.24. The van der Waals surface area contributed by atoms with Gasteiger partial charge in [-0.25, -0.2) is 0 Å². The number of fused-ring (bicyclic) bond motifs is 1. The third-order valence-electron chi connectivity index (χ3n) is 4.93. The highest BCUT2D eigenvalue weighted by Gasteiger charge is 2.47. The lowest BCUT2D eigenvalue weighted by atomic mass is 9.77. The Hall–Kier alpha value is -1.80. The summed E-state index contributed by atoms with van der Waals surface area (Å²) in [5, 5.41) is 0. The third-order valence-corrected chi connectivity index (χ3v) is 4.93. The average Bonchev–Trinajstić information content (AvgIpc) is 2.87. The van der Waals surface area contributed by atoms with E-state index in [9.17, 15) is 0 Å². The molecular formula is C19H21NO. The van der Waals surface area contributed by atoms with Gasteiger partial charge in [0.1, 0.15) is 5.75 Å². The number of likely N-dealkylation sites (tertiary alicyclic amines) is 1. The Labute approximate surface area is 126 Å². The van der Waals surface area contributed by atoms with Crippen LogP contribution in [0.25, 0.3) is 0 Å². The highest BCUT2D eigenvalue weighted by Crippen LogP contribution is 2.46. The van der Waals surface area contributed by atoms with Crippen molar-refractivity contribution < 1.29 is 4.74 Å². The zero-order chi connectivity index (χ0) is 14.3. The van der Waals surface area contributed by atoms with Crippen LogP contribution < -0.4 is 4.74 Å². The molecule has 1 heterocycles. The van der Waals surface area contributed by atoms with Crippen LogP contribution in [-0.2, 0) is 19.4 Å². The second kappa shape index (κ2) is 4.88. The maximum atomic E-state index is 5.53. The van der Waals surface area contributed by atoms with Gasteiger partial charge in [0.2, 0.25) is 0 Å². The summed E-state index contributed by atoms with van der Waals surface area (Å²) >= 11 is 0. The summed E-state index contributed by atoms with van der Waals surface area (Å²) < 4.78 is 5.53. The largest absolute Gasteiger partial charge is 0.496 e. The Morgan fingerprint density at radius 2 is 1.81 bits per heavy atom. The number of rotatable bonds is 3. The van der Waals surface area contributed by atoms with Crippen molar-refractivity contribution in [1.82, 2.24) is 4.90 Å². The summed E-state index contributed by atoms with van der Waals surface area (Å²) in [4.78, 5) is 2.56. The van der Waals surface area contributed by atoms with Gasteiger partial charge in [0.05, 0.1) is 7.11 Å². The number of hydrogen-bond donors (Lipinski definition) is 0. The second-order valence-electron chi connectivity index (χ2n) is 6.58. The molecule has 0 N–H and O–H groups in total. The molecule has 2 aromatic carbocycles. The summed E-state index contributed by atoms with van der Waals surface area (Å²) in [5.41, 5.74) is 4.82. The van der Waals surface area contributed by atoms with Gasteiger partial charge in [-0.2, -0.15) is 0 Å². The molecule has 0 atom stereocenters. The summed E-state index contributed by atoms with van der Waals surface area (Å²) in [6, 6.07) is 17.3. The van der Waals surface area contributed by atoms with Crippen molar-refractivity contribution >= 4 is 0 Å². The van der Waals surface area contributed by atoms with Gasteiger partial charge < -0.3 is 4.74 Å². The monoisotopic (exact) mass is 279 g/mol. The smallest absolute Gasteiger partial charge is 0.122 e. The summed E-state index contributed by atoms with van der Waals surface area (Å²) in [7, 11) is 1.78. The van der Waals surface area contributed by atoms with Crippen LogP contribution in [0.3, 0.4) is 0 Å². The van der Waals surface area contributed by atoms with E-state index in [0.717, 1.165) is 12.3 Å². The molecule has 1 saturated heterocycles. The molecule has 0 bridgehead atoms. The van der Waals surface area contributed by atoms with Crippen molar-refractivity contribution in [2.45, 2.75) is 19.4 Å². The van der Waals surface area contributed by atoms with E-state index in [0.29, 0.717) is 5.41 Å². The van der Waals surface area contributed by atoms with Crippen LogP contribution in [0.2, 0.25) is 0 Å². The van der Waals surface area contributed by atoms with Gasteiger partial charge in [0, 0.05) is 25.0 Å². The minimum atomic E-state index is 0.464. The summed E-state index contributed by atoms with van der Waals surface area (Å²) in [6.45, 7) is 3.50. The number of benzene rings is 2. The first-order valence-electron chi connectivity index (χ1n) is 7.69. The van der Waals surface area contributed by atoms with Crippen LogP contribution in [0, 0.1) is 5.41 Å². The predicted octanol–water partition coefficient (Wildman–Crippen LogP) is 3.30. The highest BCUT2D eigenvalue weighted by molar-refractivity contribution is 5.46. The molecule has 2 aliphatic rings. The van der Waals surface area contributed by atoms with E-state index in [-0.39, 0.29) is 0 Å². The Kier molecular flexibility index (Phi) is 3.00. The number of methoxy groups -OCH3 is 1. The molecule has 2 heteroatoms. The van der Waals surface area contributed by atoms with Crippen LogP contribution in [0.1, 0.15) is 16.7 Å². The summed E-state index contributed by atoms with van der Waals surface area (Å²) in [6.07, 6.45) is 2.39. The predicted molar refractivity (Wildman–Crippen MR) is 84.6 cm³/mol. The van der Waals surface area contributed by atoms with Crippen LogP contribution in [0.4, 0.5) is 0 Å². The minimum absolute atomic E-state index is 0.464. The van der Waals surface area contributed by atoms with E-state index < -0.39 is 0 Å². The van der Waals surface area contributed by atoms with Gasteiger partial charge >= 0.3 is 0 Å². The van der Waals surface area contributed by atoms with E-state index in [1.54, 1.807) is 7.11 Å². The van der Waals surface area contributed by atoms with Crippen LogP contribution in [0.15, 0.2) is 48.5 Å². The fourth-order valence-electron chi connectivity index (χ4n) is 4.09. The maximum Gasteiger partial charge on any atom is 0.122 e. The van der Waals surface area contributed by atoms with E-state index in [2.05, 4.69) is 53.4 Å². The Bertz CT molecular complexity index is 644. The Morgan fingerprint density at radius 1 is 1.00 bits per heavy atom. The molecule has 21 heavy (non-hydrogen) atoms. The summed E-state index contributed by atoms with van der Waals surface area (Å²) in [5.74, 6) is 1.07. The average molecular weight is 279 g/mol. The quantitative estimate of drug-likeness (QED) is 0.855. The number of nitrogens with zero attached hydrogens (tertiary/aromatic N) is 1. The molecule has 1 spiro atoms. The molecule has 0 amide bonds. The Morgan fingerprint density at radius 3 is 2.57 bits per heavy atom. The van der Waals surface area contributed by atoms with Crippen molar-refractivity contribution in [1.29, 1.82) is 0 Å². The lowest BCUT2D eigenvalue weighted by molar-refractivity contribution is 0.00225. The van der Waals surface area contributed by atoms with Gasteiger partial charge in [0.25, 0.3) is 0 Å². The second-order valence-corrected chi connectivity index (χ2v) is 6.58. The molecule has 108 valence electrons. The topological polar surface area (TPSA) is 12.5 Å². The standard InChI is InChI=1S/C19H21NO/c1-21-18-9-5-8-16-10-19(11-17(16)18)13-20(14-19)12-15-6-3-2-4-7-15/h2-9H,10-14H2,1H3. The van der Waals surface area contributed by atoms with E-state index in [4.69, 9.17) is 4.74 Å². The fourth-order valence-corrected chi connectivity index (χ4v) is 4.09. The van der Waals surface area contributed by atoms with Crippen molar-refractivity contribution in [3.05, 3.63) is 65.2 Å². The molecule has 2 aromatic rings. The number of ether oxygens (including phenoxy) is 1. The van der Waals surface area contributed by atoms with Gasteiger partial charge in [-0.05, 0) is 35.6 Å². The van der Waals surface area contributed by atoms with Gasteiger partial charge in [-0.3, -0.25) is 4.90 Å². The van der Waals surface area contributed by atoms with Crippen LogP contribution >= 0.6 is 0 Å². The molecule has 1 fully saturated rings.